The van der Waals surface area contributed by atoms with Crippen molar-refractivity contribution in [1.29, 1.82) is 0 Å². The van der Waals surface area contributed by atoms with Crippen LogP contribution in [0.5, 0.6) is 11.5 Å². The van der Waals surface area contributed by atoms with Crippen LogP contribution in [0, 0.1) is 0 Å². The maximum absolute atomic E-state index is 12.7. The summed E-state index contributed by atoms with van der Waals surface area (Å²) >= 11 is 1.42. The van der Waals surface area contributed by atoms with Crippen LogP contribution < -0.4 is 25.4 Å². The van der Waals surface area contributed by atoms with Crippen LogP contribution in [0.4, 0.5) is 20.4 Å². The first-order valence-corrected chi connectivity index (χ1v) is 11.0. The summed E-state index contributed by atoms with van der Waals surface area (Å²) in [6, 6.07) is 5.21. The number of anilines is 2. The Kier molecular flexibility index (Phi) is 5.07. The summed E-state index contributed by atoms with van der Waals surface area (Å²) in [4.78, 5) is 32.2. The summed E-state index contributed by atoms with van der Waals surface area (Å²) in [6.07, 6.45) is 5.07. The second kappa shape index (κ2) is 8.02. The molecule has 4 amide bonds. The predicted molar refractivity (Wildman–Crippen MR) is 112 cm³/mol. The largest absolute Gasteiger partial charge is 0.454 e. The molecule has 1 fully saturated rings. The minimum absolute atomic E-state index is 0.179. The lowest BCUT2D eigenvalue weighted by atomic mass is 10.2. The van der Waals surface area contributed by atoms with E-state index in [1.165, 1.54) is 24.2 Å². The number of rotatable bonds is 3. The molecule has 0 unspecified atom stereocenters. The Morgan fingerprint density at radius 1 is 1.13 bits per heavy atom. The number of nitrogens with one attached hydrogen (secondary N) is 3. The molecule has 1 saturated carbocycles. The molecule has 3 N–H and O–H groups in total. The van der Waals surface area contributed by atoms with E-state index in [-0.39, 0.29) is 24.9 Å². The summed E-state index contributed by atoms with van der Waals surface area (Å²) in [7, 11) is 0. The number of carbonyl (C=O) groups excluding carboxylic acids is 2. The standard InChI is InChI=1S/C20H23N5O4S/c26-18(21-12-3-1-2-4-12)24-19-23-14-7-8-25(10-17(14)30-19)20(27)22-13-5-6-15-16(9-13)29-11-28-15/h5-6,9,12H,1-4,7-8,10-11H2,(H,22,27)(H2,21,23,24,26). The smallest absolute Gasteiger partial charge is 0.322 e. The van der Waals surface area contributed by atoms with Crippen LogP contribution in [0.2, 0.25) is 0 Å². The first-order chi connectivity index (χ1) is 14.6. The highest BCUT2D eigenvalue weighted by molar-refractivity contribution is 7.15. The number of hydrogen-bond donors (Lipinski definition) is 3. The van der Waals surface area contributed by atoms with Crippen LogP contribution >= 0.6 is 11.3 Å². The SMILES string of the molecule is O=C(Nc1nc2c(s1)CN(C(=O)Nc1ccc3c(c1)OCO3)CC2)NC1CCCC1. The van der Waals surface area contributed by atoms with E-state index in [0.29, 0.717) is 41.8 Å². The maximum Gasteiger partial charge on any atom is 0.322 e. The molecule has 0 atom stereocenters. The summed E-state index contributed by atoms with van der Waals surface area (Å²) < 4.78 is 10.7. The third-order valence-electron chi connectivity index (χ3n) is 5.55. The van der Waals surface area contributed by atoms with Crippen LogP contribution in [0.15, 0.2) is 18.2 Å². The average molecular weight is 430 g/mol. The van der Waals surface area contributed by atoms with Crippen LogP contribution in [0.25, 0.3) is 0 Å². The van der Waals surface area contributed by atoms with E-state index in [4.69, 9.17) is 9.47 Å². The van der Waals surface area contributed by atoms with Crippen molar-refractivity contribution >= 4 is 34.2 Å². The van der Waals surface area contributed by atoms with Crippen molar-refractivity contribution in [3.05, 3.63) is 28.8 Å². The number of thiazole rings is 1. The van der Waals surface area contributed by atoms with E-state index in [9.17, 15) is 9.59 Å². The van der Waals surface area contributed by atoms with Gasteiger partial charge in [-0.3, -0.25) is 5.32 Å². The van der Waals surface area contributed by atoms with E-state index >= 15 is 0 Å². The van der Waals surface area contributed by atoms with Crippen molar-refractivity contribution in [2.24, 2.45) is 0 Å². The van der Waals surface area contributed by atoms with Crippen LogP contribution in [0.1, 0.15) is 36.3 Å². The first kappa shape index (κ1) is 19.0. The van der Waals surface area contributed by atoms with Crippen LogP contribution in [-0.4, -0.2) is 41.3 Å². The van der Waals surface area contributed by atoms with Crippen LogP contribution in [-0.2, 0) is 13.0 Å². The quantitative estimate of drug-likeness (QED) is 0.692. The van der Waals surface area contributed by atoms with E-state index in [2.05, 4.69) is 20.9 Å². The average Bonchev–Trinajstić information content (AvgIpc) is 3.47. The molecule has 1 aliphatic carbocycles. The van der Waals surface area contributed by atoms with Gasteiger partial charge in [0, 0.05) is 35.6 Å². The number of benzene rings is 1. The van der Waals surface area contributed by atoms with Crippen molar-refractivity contribution in [2.45, 2.75) is 44.7 Å². The molecule has 1 aromatic carbocycles. The van der Waals surface area contributed by atoms with Crippen molar-refractivity contribution in [2.75, 3.05) is 24.0 Å². The summed E-state index contributed by atoms with van der Waals surface area (Å²) in [6.45, 7) is 1.23. The minimum atomic E-state index is -0.203. The van der Waals surface area contributed by atoms with E-state index in [1.807, 2.05) is 0 Å². The fourth-order valence-electron chi connectivity index (χ4n) is 3.99. The number of urea groups is 2. The molecule has 2 aromatic rings. The third-order valence-corrected chi connectivity index (χ3v) is 6.55. The van der Waals surface area contributed by atoms with Gasteiger partial charge in [0.25, 0.3) is 0 Å². The van der Waals surface area contributed by atoms with Crippen molar-refractivity contribution in [3.63, 3.8) is 0 Å². The predicted octanol–water partition coefficient (Wildman–Crippen LogP) is 3.53. The lowest BCUT2D eigenvalue weighted by Gasteiger charge is -2.26. The Labute approximate surface area is 177 Å². The Morgan fingerprint density at radius 3 is 2.83 bits per heavy atom. The molecule has 0 saturated heterocycles. The number of aromatic nitrogens is 1. The van der Waals surface area contributed by atoms with Gasteiger partial charge in [-0.25, -0.2) is 14.6 Å². The van der Waals surface area contributed by atoms with Gasteiger partial charge >= 0.3 is 12.1 Å². The second-order valence-electron chi connectivity index (χ2n) is 7.64. The fourth-order valence-corrected chi connectivity index (χ4v) is 5.01. The maximum atomic E-state index is 12.7. The fraction of sp³-hybridized carbons (Fsp3) is 0.450. The van der Waals surface area contributed by atoms with E-state index in [1.54, 1.807) is 23.1 Å². The van der Waals surface area contributed by atoms with Crippen LogP contribution in [0.3, 0.4) is 0 Å². The van der Waals surface area contributed by atoms with Gasteiger partial charge in [-0.05, 0) is 25.0 Å². The molecule has 0 radical (unpaired) electrons. The number of ether oxygens (including phenoxy) is 2. The number of hydrogen-bond acceptors (Lipinski definition) is 6. The van der Waals surface area contributed by atoms with Crippen molar-refractivity contribution in [1.82, 2.24) is 15.2 Å². The van der Waals surface area contributed by atoms with E-state index in [0.717, 1.165) is 23.4 Å². The normalized spacial score (nSPS) is 17.5. The van der Waals surface area contributed by atoms with Crippen molar-refractivity contribution in [3.8, 4) is 11.5 Å². The highest BCUT2D eigenvalue weighted by Crippen LogP contribution is 2.34. The zero-order valence-corrected chi connectivity index (χ0v) is 17.2. The number of amides is 4. The summed E-state index contributed by atoms with van der Waals surface area (Å²) in [5.74, 6) is 1.31. The number of nitrogens with zero attached hydrogens (tertiary/aromatic N) is 2. The molecule has 0 bridgehead atoms. The highest BCUT2D eigenvalue weighted by atomic mass is 32.1. The summed E-state index contributed by atoms with van der Waals surface area (Å²) in [5, 5.41) is 9.33. The molecule has 9 nitrogen and oxygen atoms in total. The van der Waals surface area contributed by atoms with Gasteiger partial charge < -0.3 is 25.0 Å². The second-order valence-corrected chi connectivity index (χ2v) is 8.72. The molecule has 5 rings (SSSR count). The summed E-state index contributed by atoms with van der Waals surface area (Å²) in [5.41, 5.74) is 1.61. The molecule has 30 heavy (non-hydrogen) atoms. The highest BCUT2D eigenvalue weighted by Gasteiger charge is 2.25. The van der Waals surface area contributed by atoms with Crippen molar-refractivity contribution < 1.29 is 19.1 Å². The van der Waals surface area contributed by atoms with Gasteiger partial charge in [-0.2, -0.15) is 0 Å². The van der Waals surface area contributed by atoms with Gasteiger partial charge in [0.1, 0.15) is 0 Å². The molecular formula is C20H23N5O4S. The Morgan fingerprint density at radius 2 is 1.97 bits per heavy atom. The number of fused-ring (bicyclic) bond motifs is 2. The molecule has 0 spiro atoms. The lowest BCUT2D eigenvalue weighted by molar-refractivity contribution is 0.174. The van der Waals surface area contributed by atoms with E-state index < -0.39 is 0 Å². The van der Waals surface area contributed by atoms with Gasteiger partial charge in [-0.15, -0.1) is 0 Å². The molecule has 2 aliphatic heterocycles. The minimum Gasteiger partial charge on any atom is -0.454 e. The van der Waals surface area contributed by atoms with Gasteiger partial charge in [0.15, 0.2) is 16.6 Å². The zero-order chi connectivity index (χ0) is 20.5. The Bertz CT molecular complexity index is 972. The molecule has 3 aliphatic rings. The van der Waals surface area contributed by atoms with Gasteiger partial charge in [-0.1, -0.05) is 24.2 Å². The Hall–Kier alpha value is -3.01. The molecule has 1 aromatic heterocycles. The monoisotopic (exact) mass is 429 g/mol. The Balaban J connectivity index is 1.18. The lowest BCUT2D eigenvalue weighted by Crippen LogP contribution is -2.38. The molecule has 158 valence electrons. The third kappa shape index (κ3) is 4.00. The molecule has 3 heterocycles. The molecular weight excluding hydrogens is 406 g/mol. The molecule has 10 heteroatoms. The zero-order valence-electron chi connectivity index (χ0n) is 16.4. The first-order valence-electron chi connectivity index (χ1n) is 10.2. The van der Waals surface area contributed by atoms with Gasteiger partial charge in [0.05, 0.1) is 12.2 Å². The topological polar surface area (TPSA) is 105 Å². The van der Waals surface area contributed by atoms with Gasteiger partial charge in [0.2, 0.25) is 6.79 Å². The number of carbonyl (C=O) groups is 2.